The Labute approximate surface area is 175 Å². The van der Waals surface area contributed by atoms with Gasteiger partial charge in [-0.1, -0.05) is 17.7 Å². The Bertz CT molecular complexity index is 1110. The molecule has 30 heavy (non-hydrogen) atoms. The van der Waals surface area contributed by atoms with Crippen LogP contribution in [-0.2, 0) is 29.0 Å². The molecule has 3 aromatic rings. The largest absolute Gasteiger partial charge is 0.469 e. The van der Waals surface area contributed by atoms with Crippen LogP contribution in [0.15, 0.2) is 36.4 Å². The molecule has 2 heterocycles. The molecule has 1 aliphatic rings. The van der Waals surface area contributed by atoms with Crippen LogP contribution in [0.5, 0.6) is 0 Å². The highest BCUT2D eigenvalue weighted by atomic mass is 19.1. The lowest BCUT2D eigenvalue weighted by atomic mass is 9.94. The number of hydrogen-bond donors (Lipinski definition) is 0. The Morgan fingerprint density at radius 1 is 1.20 bits per heavy atom. The Balaban J connectivity index is 1.83. The molecule has 1 aromatic heterocycles. The Kier molecular flexibility index (Phi) is 5.60. The summed E-state index contributed by atoms with van der Waals surface area (Å²) < 4.78 is 35.2. The van der Waals surface area contributed by atoms with Crippen molar-refractivity contribution >= 4 is 16.9 Å². The van der Waals surface area contributed by atoms with Crippen molar-refractivity contribution in [1.82, 2.24) is 9.47 Å². The summed E-state index contributed by atoms with van der Waals surface area (Å²) in [5.41, 5.74) is 5.12. The summed E-state index contributed by atoms with van der Waals surface area (Å²) in [4.78, 5) is 14.4. The number of aromatic nitrogens is 1. The van der Waals surface area contributed by atoms with Crippen molar-refractivity contribution in [3.63, 3.8) is 0 Å². The summed E-state index contributed by atoms with van der Waals surface area (Å²) in [5.74, 6) is -2.15. The van der Waals surface area contributed by atoms with E-state index in [0.717, 1.165) is 31.1 Å². The number of likely N-dealkylation sites (N-methyl/N-ethyl adjacent to an activating group) is 1. The molecule has 4 nitrogen and oxygen atoms in total. The SMILES string of the molecule is COC(=O)CC(Cn1c2c(c3cc(C)ccc31)CCN(C)C2)c1ccc(F)cc1F. The lowest BCUT2D eigenvalue weighted by Gasteiger charge is -2.26. The summed E-state index contributed by atoms with van der Waals surface area (Å²) in [5, 5.41) is 1.22. The minimum absolute atomic E-state index is 0.0230. The first-order valence-electron chi connectivity index (χ1n) is 10.2. The molecule has 0 aliphatic carbocycles. The molecule has 0 fully saturated rings. The van der Waals surface area contributed by atoms with E-state index in [-0.39, 0.29) is 6.42 Å². The molecule has 0 radical (unpaired) electrons. The number of nitrogens with zero attached hydrogens (tertiary/aromatic N) is 2. The van der Waals surface area contributed by atoms with Gasteiger partial charge in [-0.05, 0) is 49.7 Å². The van der Waals surface area contributed by atoms with E-state index >= 15 is 0 Å². The van der Waals surface area contributed by atoms with Gasteiger partial charge in [0.2, 0.25) is 0 Å². The van der Waals surface area contributed by atoms with E-state index in [1.807, 2.05) is 0 Å². The second kappa shape index (κ2) is 8.19. The lowest BCUT2D eigenvalue weighted by Crippen LogP contribution is -2.28. The molecule has 0 saturated carbocycles. The van der Waals surface area contributed by atoms with Gasteiger partial charge in [-0.25, -0.2) is 8.78 Å². The highest BCUT2D eigenvalue weighted by molar-refractivity contribution is 5.86. The van der Waals surface area contributed by atoms with Gasteiger partial charge in [0, 0.05) is 48.2 Å². The molecule has 2 aromatic carbocycles. The van der Waals surface area contributed by atoms with Gasteiger partial charge < -0.3 is 14.2 Å². The first kappa shape index (κ1) is 20.5. The van der Waals surface area contributed by atoms with Crippen LogP contribution in [0.25, 0.3) is 10.9 Å². The van der Waals surface area contributed by atoms with Crippen LogP contribution in [0.3, 0.4) is 0 Å². The number of methoxy groups -OCH3 is 1. The normalized spacial score (nSPS) is 15.2. The standard InChI is InChI=1S/C24H26F2N2O2/c1-15-4-7-22-20(10-15)19-8-9-27(2)14-23(19)28(22)13-16(11-24(29)30-3)18-6-5-17(25)12-21(18)26/h4-7,10,12,16H,8-9,11,13-14H2,1-3H3. The predicted octanol–water partition coefficient (Wildman–Crippen LogP) is 4.56. The summed E-state index contributed by atoms with van der Waals surface area (Å²) in [7, 11) is 3.41. The fourth-order valence-corrected chi connectivity index (χ4v) is 4.51. The molecule has 0 bridgehead atoms. The smallest absolute Gasteiger partial charge is 0.306 e. The third-order valence-electron chi connectivity index (χ3n) is 6.05. The van der Waals surface area contributed by atoms with Crippen molar-refractivity contribution in [2.24, 2.45) is 0 Å². The maximum atomic E-state index is 14.6. The van der Waals surface area contributed by atoms with Crippen LogP contribution < -0.4 is 0 Å². The van der Waals surface area contributed by atoms with Crippen molar-refractivity contribution in [3.8, 4) is 0 Å². The van der Waals surface area contributed by atoms with Crippen molar-refractivity contribution in [2.45, 2.75) is 38.8 Å². The number of rotatable bonds is 5. The molecule has 158 valence electrons. The second-order valence-electron chi connectivity index (χ2n) is 8.19. The van der Waals surface area contributed by atoms with E-state index in [0.29, 0.717) is 12.1 Å². The van der Waals surface area contributed by atoms with E-state index in [1.54, 1.807) is 0 Å². The fraction of sp³-hybridized carbons (Fsp3) is 0.375. The molecule has 0 spiro atoms. The Hall–Kier alpha value is -2.73. The molecular weight excluding hydrogens is 386 g/mol. The molecular formula is C24H26F2N2O2. The molecule has 1 atom stereocenters. The van der Waals surface area contributed by atoms with Crippen LogP contribution in [-0.4, -0.2) is 36.1 Å². The van der Waals surface area contributed by atoms with Crippen LogP contribution in [0, 0.1) is 18.6 Å². The summed E-state index contributed by atoms with van der Waals surface area (Å²) >= 11 is 0. The Morgan fingerprint density at radius 3 is 2.73 bits per heavy atom. The molecule has 0 amide bonds. The van der Waals surface area contributed by atoms with Crippen molar-refractivity contribution < 1.29 is 18.3 Å². The zero-order valence-electron chi connectivity index (χ0n) is 17.5. The van der Waals surface area contributed by atoms with Gasteiger partial charge in [0.05, 0.1) is 13.5 Å². The van der Waals surface area contributed by atoms with E-state index in [9.17, 15) is 13.6 Å². The highest BCUT2D eigenvalue weighted by Crippen LogP contribution is 2.34. The molecule has 4 rings (SSSR count). The number of esters is 1. The number of halogens is 2. The van der Waals surface area contributed by atoms with Crippen LogP contribution >= 0.6 is 0 Å². The van der Waals surface area contributed by atoms with E-state index in [2.05, 4.69) is 41.6 Å². The van der Waals surface area contributed by atoms with Gasteiger partial charge in [0.1, 0.15) is 11.6 Å². The number of ether oxygens (including phenoxy) is 1. The highest BCUT2D eigenvalue weighted by Gasteiger charge is 2.27. The zero-order valence-corrected chi connectivity index (χ0v) is 17.5. The van der Waals surface area contributed by atoms with Crippen molar-refractivity contribution in [3.05, 3.63) is 70.4 Å². The minimum Gasteiger partial charge on any atom is -0.469 e. The number of carbonyl (C=O) groups excluding carboxylic acids is 1. The second-order valence-corrected chi connectivity index (χ2v) is 8.19. The predicted molar refractivity (Wildman–Crippen MR) is 112 cm³/mol. The van der Waals surface area contributed by atoms with Gasteiger partial charge in [0.25, 0.3) is 0 Å². The minimum atomic E-state index is -0.637. The van der Waals surface area contributed by atoms with Crippen molar-refractivity contribution in [2.75, 3.05) is 20.7 Å². The number of fused-ring (bicyclic) bond motifs is 3. The molecule has 6 heteroatoms. The first-order valence-corrected chi connectivity index (χ1v) is 10.2. The number of benzene rings is 2. The van der Waals surface area contributed by atoms with Crippen LogP contribution in [0.2, 0.25) is 0 Å². The quantitative estimate of drug-likeness (QED) is 0.576. The lowest BCUT2D eigenvalue weighted by molar-refractivity contribution is -0.141. The number of carbonyl (C=O) groups is 1. The van der Waals surface area contributed by atoms with E-state index < -0.39 is 23.5 Å². The molecule has 1 unspecified atom stereocenters. The zero-order chi connectivity index (χ0) is 21.4. The molecule has 0 saturated heterocycles. The average molecular weight is 412 g/mol. The third-order valence-corrected chi connectivity index (χ3v) is 6.05. The summed E-state index contributed by atoms with van der Waals surface area (Å²) in [6.07, 6.45) is 0.973. The number of hydrogen-bond acceptors (Lipinski definition) is 3. The first-order chi connectivity index (χ1) is 14.4. The maximum Gasteiger partial charge on any atom is 0.306 e. The van der Waals surface area contributed by atoms with Crippen molar-refractivity contribution in [1.29, 1.82) is 0 Å². The topological polar surface area (TPSA) is 34.5 Å². The fourth-order valence-electron chi connectivity index (χ4n) is 4.51. The summed E-state index contributed by atoms with van der Waals surface area (Å²) in [6.45, 7) is 4.27. The molecule has 0 N–H and O–H groups in total. The van der Waals surface area contributed by atoms with E-state index in [4.69, 9.17) is 4.74 Å². The third kappa shape index (κ3) is 3.84. The van der Waals surface area contributed by atoms with Crippen LogP contribution in [0.4, 0.5) is 8.78 Å². The Morgan fingerprint density at radius 2 is 2.00 bits per heavy atom. The number of aryl methyl sites for hydroxylation is 1. The van der Waals surface area contributed by atoms with Gasteiger partial charge in [-0.2, -0.15) is 0 Å². The molecule has 1 aliphatic heterocycles. The van der Waals surface area contributed by atoms with E-state index in [1.165, 1.54) is 41.4 Å². The maximum absolute atomic E-state index is 14.6. The average Bonchev–Trinajstić information content (AvgIpc) is 2.99. The van der Waals surface area contributed by atoms with Gasteiger partial charge >= 0.3 is 5.97 Å². The van der Waals surface area contributed by atoms with Gasteiger partial charge in [0.15, 0.2) is 0 Å². The van der Waals surface area contributed by atoms with Crippen LogP contribution in [0.1, 0.15) is 34.7 Å². The summed E-state index contributed by atoms with van der Waals surface area (Å²) in [6, 6.07) is 9.92. The monoisotopic (exact) mass is 412 g/mol. The van der Waals surface area contributed by atoms with Gasteiger partial charge in [-0.15, -0.1) is 0 Å². The van der Waals surface area contributed by atoms with Gasteiger partial charge in [-0.3, -0.25) is 4.79 Å².